The smallest absolute Gasteiger partial charge is 0.253 e. The Labute approximate surface area is 197 Å². The Morgan fingerprint density at radius 2 is 2.06 bits per heavy atom. The van der Waals surface area contributed by atoms with Crippen LogP contribution in [0.15, 0.2) is 29.6 Å². The topological polar surface area (TPSA) is 113 Å². The van der Waals surface area contributed by atoms with Crippen LogP contribution >= 0.6 is 46.3 Å². The van der Waals surface area contributed by atoms with Crippen LogP contribution in [0.4, 0.5) is 5.13 Å². The third-order valence-corrected chi connectivity index (χ3v) is 6.33. The number of halogens is 2. The average molecular weight is 499 g/mol. The molecule has 3 rings (SSSR count). The third kappa shape index (κ3) is 6.42. The Morgan fingerprint density at radius 3 is 2.71 bits per heavy atom. The van der Waals surface area contributed by atoms with Crippen LogP contribution in [0.1, 0.15) is 40.9 Å². The number of nitrogens with zero attached hydrogens (tertiary/aromatic N) is 3. The molecule has 0 spiro atoms. The second-order valence-electron chi connectivity index (χ2n) is 6.94. The fourth-order valence-corrected chi connectivity index (χ4v) is 4.38. The van der Waals surface area contributed by atoms with Gasteiger partial charge in [0.2, 0.25) is 11.1 Å². The fourth-order valence-electron chi connectivity index (χ4n) is 2.60. The van der Waals surface area contributed by atoms with Gasteiger partial charge in [0.1, 0.15) is 5.82 Å². The number of rotatable bonds is 8. The minimum absolute atomic E-state index is 0.0252. The summed E-state index contributed by atoms with van der Waals surface area (Å²) in [6.45, 7) is 5.82. The summed E-state index contributed by atoms with van der Waals surface area (Å²) >= 11 is 14.6. The Bertz CT molecular complexity index is 1090. The quantitative estimate of drug-likeness (QED) is 0.386. The molecule has 3 N–H and O–H groups in total. The lowest BCUT2D eigenvalue weighted by Gasteiger charge is -2.20. The van der Waals surface area contributed by atoms with Crippen LogP contribution in [0, 0.1) is 12.8 Å². The van der Waals surface area contributed by atoms with Crippen molar-refractivity contribution in [3.05, 3.63) is 50.7 Å². The van der Waals surface area contributed by atoms with Gasteiger partial charge in [0, 0.05) is 16.1 Å². The van der Waals surface area contributed by atoms with E-state index in [-0.39, 0.29) is 28.5 Å². The predicted molar refractivity (Wildman–Crippen MR) is 124 cm³/mol. The van der Waals surface area contributed by atoms with Crippen LogP contribution in [0.3, 0.4) is 0 Å². The number of anilines is 1. The van der Waals surface area contributed by atoms with E-state index in [0.29, 0.717) is 26.7 Å². The summed E-state index contributed by atoms with van der Waals surface area (Å²) in [5.41, 5.74) is 0.319. The highest BCUT2D eigenvalue weighted by atomic mass is 35.5. The summed E-state index contributed by atoms with van der Waals surface area (Å²) in [6.07, 6.45) is 1.70. The van der Waals surface area contributed by atoms with Gasteiger partial charge in [0.25, 0.3) is 5.91 Å². The third-order valence-electron chi connectivity index (χ3n) is 4.11. The SMILES string of the molecule is Cc1cnc(NC(=O)CSc2n[nH]c(C(NC(=O)c3ccc(Cl)cc3Cl)C(C)C)n2)s1. The first-order chi connectivity index (χ1) is 14.7. The number of aromatic amines is 1. The molecule has 0 fully saturated rings. The molecule has 2 heterocycles. The van der Waals surface area contributed by atoms with E-state index in [9.17, 15) is 9.59 Å². The zero-order chi connectivity index (χ0) is 22.5. The average Bonchev–Trinajstić information content (AvgIpc) is 3.33. The summed E-state index contributed by atoms with van der Waals surface area (Å²) < 4.78 is 0. The first kappa shape index (κ1) is 23.5. The van der Waals surface area contributed by atoms with Gasteiger partial charge in [-0.15, -0.1) is 16.4 Å². The Balaban J connectivity index is 1.62. The minimum Gasteiger partial charge on any atom is -0.342 e. The molecule has 0 aliphatic heterocycles. The lowest BCUT2D eigenvalue weighted by Crippen LogP contribution is -2.32. The van der Waals surface area contributed by atoms with Crippen LogP contribution in [-0.4, -0.2) is 37.7 Å². The van der Waals surface area contributed by atoms with E-state index in [1.165, 1.54) is 29.2 Å². The van der Waals surface area contributed by atoms with Crippen molar-refractivity contribution < 1.29 is 9.59 Å². The van der Waals surface area contributed by atoms with Gasteiger partial charge in [-0.1, -0.05) is 48.8 Å². The van der Waals surface area contributed by atoms with Crippen molar-refractivity contribution in [2.75, 3.05) is 11.1 Å². The van der Waals surface area contributed by atoms with Crippen LogP contribution in [0.2, 0.25) is 10.0 Å². The molecule has 3 aromatic rings. The molecule has 8 nitrogen and oxygen atoms in total. The summed E-state index contributed by atoms with van der Waals surface area (Å²) in [7, 11) is 0. The first-order valence-corrected chi connectivity index (χ1v) is 11.8. The van der Waals surface area contributed by atoms with Gasteiger partial charge < -0.3 is 10.6 Å². The van der Waals surface area contributed by atoms with Crippen LogP contribution in [0.25, 0.3) is 0 Å². The van der Waals surface area contributed by atoms with Crippen molar-refractivity contribution in [1.29, 1.82) is 0 Å². The summed E-state index contributed by atoms with van der Waals surface area (Å²) in [5, 5.41) is 14.3. The Hall–Kier alpha value is -2.14. The number of hydrogen-bond donors (Lipinski definition) is 3. The molecule has 0 saturated heterocycles. The van der Waals surface area contributed by atoms with E-state index in [4.69, 9.17) is 23.2 Å². The first-order valence-electron chi connectivity index (χ1n) is 9.26. The molecular formula is C19H20Cl2N6O2S2. The number of carbonyl (C=O) groups is 2. The van der Waals surface area contributed by atoms with E-state index < -0.39 is 6.04 Å². The van der Waals surface area contributed by atoms with E-state index in [0.717, 1.165) is 4.88 Å². The van der Waals surface area contributed by atoms with Crippen LogP contribution in [-0.2, 0) is 4.79 Å². The number of hydrogen-bond acceptors (Lipinski definition) is 7. The van der Waals surface area contributed by atoms with Gasteiger partial charge in [-0.3, -0.25) is 14.7 Å². The van der Waals surface area contributed by atoms with Crippen molar-refractivity contribution in [3.8, 4) is 0 Å². The number of carbonyl (C=O) groups excluding carboxylic acids is 2. The molecule has 31 heavy (non-hydrogen) atoms. The largest absolute Gasteiger partial charge is 0.342 e. The molecule has 2 amide bonds. The molecular weight excluding hydrogens is 479 g/mol. The van der Waals surface area contributed by atoms with Gasteiger partial charge in [-0.25, -0.2) is 9.97 Å². The second-order valence-corrected chi connectivity index (χ2v) is 9.96. The summed E-state index contributed by atoms with van der Waals surface area (Å²) in [6, 6.07) is 4.27. The van der Waals surface area contributed by atoms with E-state index >= 15 is 0 Å². The van der Waals surface area contributed by atoms with Gasteiger partial charge in [0.05, 0.1) is 22.4 Å². The van der Waals surface area contributed by atoms with Crippen molar-refractivity contribution >= 4 is 63.2 Å². The van der Waals surface area contributed by atoms with Crippen LogP contribution < -0.4 is 10.6 Å². The fraction of sp³-hybridized carbons (Fsp3) is 0.316. The monoisotopic (exact) mass is 498 g/mol. The lowest BCUT2D eigenvalue weighted by atomic mass is 10.0. The Kier molecular flexibility index (Phi) is 7.93. The van der Waals surface area contributed by atoms with Crippen LogP contribution in [0.5, 0.6) is 0 Å². The zero-order valence-electron chi connectivity index (χ0n) is 16.9. The molecule has 1 unspecified atom stereocenters. The van der Waals surface area contributed by atoms with E-state index in [1.807, 2.05) is 20.8 Å². The number of thioether (sulfide) groups is 1. The number of aryl methyl sites for hydroxylation is 1. The van der Waals surface area contributed by atoms with Crippen molar-refractivity contribution in [1.82, 2.24) is 25.5 Å². The molecule has 0 aliphatic carbocycles. The number of nitrogens with one attached hydrogen (secondary N) is 3. The Morgan fingerprint density at radius 1 is 1.29 bits per heavy atom. The van der Waals surface area contributed by atoms with Gasteiger partial charge in [-0.05, 0) is 31.0 Å². The highest BCUT2D eigenvalue weighted by molar-refractivity contribution is 7.99. The number of aromatic nitrogens is 4. The molecule has 0 radical (unpaired) electrons. The molecule has 1 atom stereocenters. The molecule has 12 heteroatoms. The zero-order valence-corrected chi connectivity index (χ0v) is 20.0. The lowest BCUT2D eigenvalue weighted by molar-refractivity contribution is -0.113. The standard InChI is InChI=1S/C19H20Cl2N6O2S2/c1-9(2)15(24-17(29)12-5-4-11(20)6-13(12)21)16-25-19(27-26-16)30-8-14(28)23-18-22-7-10(3)31-18/h4-7,9,15H,8H2,1-3H3,(H,24,29)(H,22,23,28)(H,25,26,27). The van der Waals surface area contributed by atoms with E-state index in [2.05, 4.69) is 30.8 Å². The normalized spacial score (nSPS) is 12.1. The maximum atomic E-state index is 12.7. The van der Waals surface area contributed by atoms with Crippen molar-refractivity contribution in [3.63, 3.8) is 0 Å². The van der Waals surface area contributed by atoms with Crippen molar-refractivity contribution in [2.45, 2.75) is 32.0 Å². The van der Waals surface area contributed by atoms with Gasteiger partial charge in [-0.2, -0.15) is 0 Å². The minimum atomic E-state index is -0.423. The van der Waals surface area contributed by atoms with Gasteiger partial charge >= 0.3 is 0 Å². The highest BCUT2D eigenvalue weighted by Crippen LogP contribution is 2.25. The second kappa shape index (κ2) is 10.4. The summed E-state index contributed by atoms with van der Waals surface area (Å²) in [4.78, 5) is 34.3. The molecule has 0 aliphatic rings. The molecule has 0 bridgehead atoms. The number of benzene rings is 1. The summed E-state index contributed by atoms with van der Waals surface area (Å²) in [5.74, 6) is 0.111. The maximum Gasteiger partial charge on any atom is 0.253 e. The predicted octanol–water partition coefficient (Wildman–Crippen LogP) is 4.73. The molecule has 0 saturated carbocycles. The molecule has 2 aromatic heterocycles. The number of H-pyrrole nitrogens is 1. The maximum absolute atomic E-state index is 12.7. The molecule has 164 valence electrons. The van der Waals surface area contributed by atoms with Crippen molar-refractivity contribution in [2.24, 2.45) is 5.92 Å². The van der Waals surface area contributed by atoms with Gasteiger partial charge in [0.15, 0.2) is 5.13 Å². The highest BCUT2D eigenvalue weighted by Gasteiger charge is 2.24. The number of amides is 2. The van der Waals surface area contributed by atoms with E-state index in [1.54, 1.807) is 18.3 Å². The number of thiazole rings is 1. The molecule has 1 aromatic carbocycles.